The van der Waals surface area contributed by atoms with Crippen LogP contribution in [0.15, 0.2) is 53.3 Å². The summed E-state index contributed by atoms with van der Waals surface area (Å²) >= 11 is 0. The molecule has 1 aromatic heterocycles. The predicted octanol–water partition coefficient (Wildman–Crippen LogP) is 1.83. The summed E-state index contributed by atoms with van der Waals surface area (Å²) in [5.41, 5.74) is 2.35. The number of hydrogen-bond donors (Lipinski definition) is 2. The van der Waals surface area contributed by atoms with Gasteiger partial charge in [-0.1, -0.05) is 12.1 Å². The number of benzene rings is 2. The number of hydrogen-bond acceptors (Lipinski definition) is 6. The van der Waals surface area contributed by atoms with Gasteiger partial charge in [0.25, 0.3) is 5.56 Å². The highest BCUT2D eigenvalue weighted by molar-refractivity contribution is 5.92. The first-order chi connectivity index (χ1) is 14.6. The lowest BCUT2D eigenvalue weighted by molar-refractivity contribution is -0.117. The summed E-state index contributed by atoms with van der Waals surface area (Å²) in [7, 11) is 1.82. The molecule has 3 aromatic rings. The molecule has 0 saturated carbocycles. The van der Waals surface area contributed by atoms with Crippen LogP contribution in [-0.4, -0.2) is 60.7 Å². The maximum atomic E-state index is 12.4. The van der Waals surface area contributed by atoms with Gasteiger partial charge in [-0.05, 0) is 43.4 Å². The van der Waals surface area contributed by atoms with Gasteiger partial charge in [0.2, 0.25) is 5.91 Å². The van der Waals surface area contributed by atoms with Crippen LogP contribution >= 0.6 is 0 Å². The van der Waals surface area contributed by atoms with E-state index in [0.717, 1.165) is 37.7 Å². The van der Waals surface area contributed by atoms with Gasteiger partial charge in [-0.2, -0.15) is 0 Å². The van der Waals surface area contributed by atoms with E-state index in [0.29, 0.717) is 23.3 Å². The van der Waals surface area contributed by atoms with Gasteiger partial charge in [-0.3, -0.25) is 14.5 Å². The van der Waals surface area contributed by atoms with Crippen LogP contribution in [0.5, 0.6) is 0 Å². The Morgan fingerprint density at radius 2 is 1.90 bits per heavy atom. The van der Waals surface area contributed by atoms with Crippen molar-refractivity contribution in [1.82, 2.24) is 14.9 Å². The first-order valence-electron chi connectivity index (χ1n) is 9.97. The minimum atomic E-state index is -0.172. The Balaban J connectivity index is 1.33. The van der Waals surface area contributed by atoms with Gasteiger partial charge < -0.3 is 19.9 Å². The molecule has 0 atom stereocenters. The van der Waals surface area contributed by atoms with Crippen LogP contribution in [0.1, 0.15) is 5.82 Å². The molecule has 0 unspecified atom stereocenters. The number of para-hydroxylation sites is 1. The van der Waals surface area contributed by atoms with Crippen molar-refractivity contribution in [1.29, 1.82) is 0 Å². The molecule has 0 bridgehead atoms. The van der Waals surface area contributed by atoms with E-state index in [9.17, 15) is 9.59 Å². The van der Waals surface area contributed by atoms with Crippen molar-refractivity contribution in [3.05, 3.63) is 64.7 Å². The molecular weight excluding hydrogens is 382 g/mol. The second-order valence-electron chi connectivity index (χ2n) is 7.40. The fourth-order valence-corrected chi connectivity index (χ4v) is 3.54. The van der Waals surface area contributed by atoms with E-state index in [1.165, 1.54) is 0 Å². The Morgan fingerprint density at radius 1 is 1.17 bits per heavy atom. The third-order valence-corrected chi connectivity index (χ3v) is 5.02. The third-order valence-electron chi connectivity index (χ3n) is 5.02. The van der Waals surface area contributed by atoms with Gasteiger partial charge in [0.05, 0.1) is 37.2 Å². The fraction of sp³-hybridized carbons (Fsp3) is 0.318. The number of morpholine rings is 1. The van der Waals surface area contributed by atoms with E-state index >= 15 is 0 Å². The van der Waals surface area contributed by atoms with Gasteiger partial charge in [0, 0.05) is 24.5 Å². The molecule has 156 valence electrons. The molecule has 0 spiro atoms. The minimum Gasteiger partial charge on any atom is -0.378 e. The maximum Gasteiger partial charge on any atom is 0.258 e. The molecule has 1 aliphatic rings. The molecule has 8 heteroatoms. The molecule has 1 saturated heterocycles. The van der Waals surface area contributed by atoms with Crippen LogP contribution in [0.2, 0.25) is 0 Å². The number of aromatic nitrogens is 2. The number of amides is 1. The van der Waals surface area contributed by atoms with Crippen molar-refractivity contribution in [2.24, 2.45) is 0 Å². The second-order valence-corrected chi connectivity index (χ2v) is 7.40. The summed E-state index contributed by atoms with van der Waals surface area (Å²) < 4.78 is 5.38. The second kappa shape index (κ2) is 9.06. The summed E-state index contributed by atoms with van der Waals surface area (Å²) in [6.07, 6.45) is 0. The number of carbonyl (C=O) groups excluding carboxylic acids is 1. The first kappa shape index (κ1) is 20.1. The van der Waals surface area contributed by atoms with Crippen molar-refractivity contribution in [2.45, 2.75) is 6.54 Å². The standard InChI is InChI=1S/C22H25N5O3/c1-26(14-20-24-19-5-3-2-4-18(19)22(29)25-20)15-21(28)23-16-6-8-17(9-7-16)27-10-12-30-13-11-27/h2-9H,10-15H2,1H3,(H,23,28)(H,24,25,29). The maximum absolute atomic E-state index is 12.4. The van der Waals surface area contributed by atoms with Crippen molar-refractivity contribution in [3.63, 3.8) is 0 Å². The molecular formula is C22H25N5O3. The lowest BCUT2D eigenvalue weighted by Gasteiger charge is -2.28. The number of nitrogens with zero attached hydrogens (tertiary/aromatic N) is 3. The third kappa shape index (κ3) is 4.84. The van der Waals surface area contributed by atoms with Crippen LogP contribution in [0, 0.1) is 0 Å². The smallest absolute Gasteiger partial charge is 0.258 e. The summed E-state index contributed by atoms with van der Waals surface area (Å²) in [5.74, 6) is 0.406. The molecule has 2 heterocycles. The summed E-state index contributed by atoms with van der Waals surface area (Å²) in [5, 5.41) is 3.47. The molecule has 1 amide bonds. The van der Waals surface area contributed by atoms with Crippen LogP contribution < -0.4 is 15.8 Å². The summed E-state index contributed by atoms with van der Waals surface area (Å²) in [6.45, 7) is 3.78. The Bertz CT molecular complexity index is 1070. The van der Waals surface area contributed by atoms with Gasteiger partial charge in [0.15, 0.2) is 0 Å². The average molecular weight is 407 g/mol. The number of ether oxygens (including phenoxy) is 1. The number of anilines is 2. The first-order valence-corrected chi connectivity index (χ1v) is 9.97. The van der Waals surface area contributed by atoms with Crippen LogP contribution in [0.3, 0.4) is 0 Å². The van der Waals surface area contributed by atoms with Crippen LogP contribution in [0.25, 0.3) is 10.9 Å². The highest BCUT2D eigenvalue weighted by Crippen LogP contribution is 2.19. The Hall–Kier alpha value is -3.23. The Labute approximate surface area is 174 Å². The van der Waals surface area contributed by atoms with Gasteiger partial charge in [0.1, 0.15) is 5.82 Å². The largest absolute Gasteiger partial charge is 0.378 e. The minimum absolute atomic E-state index is 0.125. The zero-order chi connectivity index (χ0) is 20.9. The van der Waals surface area contributed by atoms with E-state index in [4.69, 9.17) is 4.74 Å². The Kier molecular flexibility index (Phi) is 6.06. The van der Waals surface area contributed by atoms with Crippen molar-refractivity contribution in [2.75, 3.05) is 50.1 Å². The van der Waals surface area contributed by atoms with Crippen molar-refractivity contribution < 1.29 is 9.53 Å². The van der Waals surface area contributed by atoms with Gasteiger partial charge in [-0.15, -0.1) is 0 Å². The molecule has 4 rings (SSSR count). The summed E-state index contributed by atoms with van der Waals surface area (Å²) in [4.78, 5) is 35.9. The predicted molar refractivity (Wildman–Crippen MR) is 117 cm³/mol. The number of rotatable bonds is 6. The van der Waals surface area contributed by atoms with E-state index in [-0.39, 0.29) is 18.0 Å². The molecule has 0 radical (unpaired) electrons. The van der Waals surface area contributed by atoms with E-state index in [1.807, 2.05) is 48.3 Å². The fourth-order valence-electron chi connectivity index (χ4n) is 3.54. The Morgan fingerprint density at radius 3 is 2.67 bits per heavy atom. The molecule has 0 aliphatic carbocycles. The lowest BCUT2D eigenvalue weighted by atomic mass is 10.2. The van der Waals surface area contributed by atoms with E-state index in [1.54, 1.807) is 12.1 Å². The van der Waals surface area contributed by atoms with Gasteiger partial charge >= 0.3 is 0 Å². The molecule has 1 aliphatic heterocycles. The molecule has 2 aromatic carbocycles. The SMILES string of the molecule is CN(CC(=O)Nc1ccc(N2CCOCC2)cc1)Cc1nc2ccccc2c(=O)[nH]1. The van der Waals surface area contributed by atoms with Crippen molar-refractivity contribution in [3.8, 4) is 0 Å². The lowest BCUT2D eigenvalue weighted by Crippen LogP contribution is -2.36. The highest BCUT2D eigenvalue weighted by atomic mass is 16.5. The normalized spacial score (nSPS) is 14.3. The number of fused-ring (bicyclic) bond motifs is 1. The monoisotopic (exact) mass is 407 g/mol. The van der Waals surface area contributed by atoms with Gasteiger partial charge in [-0.25, -0.2) is 4.98 Å². The van der Waals surface area contributed by atoms with E-state index < -0.39 is 0 Å². The quantitative estimate of drug-likeness (QED) is 0.648. The van der Waals surface area contributed by atoms with Crippen molar-refractivity contribution >= 4 is 28.2 Å². The number of H-pyrrole nitrogens is 1. The molecule has 1 fully saturated rings. The molecule has 8 nitrogen and oxygen atoms in total. The topological polar surface area (TPSA) is 90.6 Å². The number of carbonyl (C=O) groups is 1. The van der Waals surface area contributed by atoms with Crippen LogP contribution in [0.4, 0.5) is 11.4 Å². The average Bonchev–Trinajstić information content (AvgIpc) is 2.75. The molecule has 2 N–H and O–H groups in total. The zero-order valence-electron chi connectivity index (χ0n) is 16.9. The zero-order valence-corrected chi connectivity index (χ0v) is 16.9. The molecule has 30 heavy (non-hydrogen) atoms. The van der Waals surface area contributed by atoms with E-state index in [2.05, 4.69) is 20.2 Å². The number of likely N-dealkylation sites (N-methyl/N-ethyl adjacent to an activating group) is 1. The van der Waals surface area contributed by atoms with Crippen LogP contribution in [-0.2, 0) is 16.1 Å². The number of aromatic amines is 1. The summed E-state index contributed by atoms with van der Waals surface area (Å²) in [6, 6.07) is 15.0. The highest BCUT2D eigenvalue weighted by Gasteiger charge is 2.13. The number of nitrogens with one attached hydrogen (secondary N) is 2.